The van der Waals surface area contributed by atoms with Gasteiger partial charge in [0.2, 0.25) is 10.0 Å². The Labute approximate surface area is 125 Å². The van der Waals surface area contributed by atoms with E-state index in [1.54, 1.807) is 6.92 Å². The zero-order valence-corrected chi connectivity index (χ0v) is 13.5. The van der Waals surface area contributed by atoms with Gasteiger partial charge in [0, 0.05) is 36.2 Å². The van der Waals surface area contributed by atoms with Gasteiger partial charge in [0.05, 0.1) is 0 Å². The van der Waals surface area contributed by atoms with Crippen LogP contribution in [0.3, 0.4) is 0 Å². The predicted molar refractivity (Wildman–Crippen MR) is 74.9 cm³/mol. The Morgan fingerprint density at radius 3 is 2.50 bits per heavy atom. The fraction of sp³-hybridized carbons (Fsp3) is 0.500. The molecule has 112 valence electrons. The summed E-state index contributed by atoms with van der Waals surface area (Å²) in [6, 6.07) is 1.27. The van der Waals surface area contributed by atoms with Gasteiger partial charge in [-0.15, -0.1) is 0 Å². The molecule has 0 N–H and O–H groups in total. The Morgan fingerprint density at radius 2 is 1.95 bits per heavy atom. The Hall–Kier alpha value is -0.570. The second-order valence-electron chi connectivity index (χ2n) is 4.93. The van der Waals surface area contributed by atoms with Gasteiger partial charge in [0.15, 0.2) is 0 Å². The molecule has 20 heavy (non-hydrogen) atoms. The van der Waals surface area contributed by atoms with Gasteiger partial charge in [-0.05, 0) is 36.0 Å². The van der Waals surface area contributed by atoms with Crippen molar-refractivity contribution in [3.8, 4) is 0 Å². The summed E-state index contributed by atoms with van der Waals surface area (Å²) in [5.41, 5.74) is 0. The van der Waals surface area contributed by atoms with Crippen molar-refractivity contribution in [1.29, 1.82) is 0 Å². The number of hydrogen-bond acceptors (Lipinski definition) is 3. The monoisotopic (exact) mass is 368 g/mol. The maximum absolute atomic E-state index is 13.9. The van der Waals surface area contributed by atoms with E-state index < -0.39 is 26.6 Å². The van der Waals surface area contributed by atoms with Crippen molar-refractivity contribution in [3.63, 3.8) is 0 Å². The van der Waals surface area contributed by atoms with Crippen LogP contribution >= 0.6 is 15.9 Å². The molecule has 8 heteroatoms. The molecule has 1 atom stereocenters. The molecule has 0 aliphatic carbocycles. The predicted octanol–water partition coefficient (Wildman–Crippen LogP) is 2.05. The number of sulfonamides is 1. The van der Waals surface area contributed by atoms with Crippen molar-refractivity contribution in [2.24, 2.45) is 0 Å². The maximum Gasteiger partial charge on any atom is 0.247 e. The molecule has 0 amide bonds. The van der Waals surface area contributed by atoms with Crippen molar-refractivity contribution in [1.82, 2.24) is 9.21 Å². The minimum Gasteiger partial charge on any atom is -0.303 e. The van der Waals surface area contributed by atoms with Crippen molar-refractivity contribution in [2.75, 3.05) is 26.7 Å². The molecule has 1 aliphatic heterocycles. The van der Waals surface area contributed by atoms with Gasteiger partial charge in [-0.3, -0.25) is 0 Å². The molecule has 0 saturated carbocycles. The lowest BCUT2D eigenvalue weighted by Crippen LogP contribution is -2.52. The third-order valence-electron chi connectivity index (χ3n) is 3.30. The summed E-state index contributed by atoms with van der Waals surface area (Å²) in [7, 11) is -2.10. The Morgan fingerprint density at radius 1 is 1.30 bits per heavy atom. The number of likely N-dealkylation sites (N-methyl/N-ethyl adjacent to an activating group) is 1. The van der Waals surface area contributed by atoms with Crippen LogP contribution in [-0.4, -0.2) is 50.3 Å². The molecule has 1 unspecified atom stereocenters. The van der Waals surface area contributed by atoms with Crippen molar-refractivity contribution < 1.29 is 17.2 Å². The van der Waals surface area contributed by atoms with E-state index in [0.717, 1.165) is 6.07 Å². The first-order chi connectivity index (χ1) is 9.23. The molecule has 1 heterocycles. The number of nitrogens with zero attached hydrogens (tertiary/aromatic N) is 2. The van der Waals surface area contributed by atoms with Crippen LogP contribution in [0.2, 0.25) is 0 Å². The molecule has 0 spiro atoms. The zero-order valence-electron chi connectivity index (χ0n) is 11.1. The van der Waals surface area contributed by atoms with Crippen molar-refractivity contribution in [3.05, 3.63) is 28.2 Å². The van der Waals surface area contributed by atoms with Gasteiger partial charge in [-0.2, -0.15) is 4.31 Å². The van der Waals surface area contributed by atoms with Crippen LogP contribution in [0.15, 0.2) is 21.5 Å². The summed E-state index contributed by atoms with van der Waals surface area (Å²) in [5, 5.41) is 0. The van der Waals surface area contributed by atoms with Crippen LogP contribution < -0.4 is 0 Å². The van der Waals surface area contributed by atoms with E-state index in [9.17, 15) is 17.2 Å². The highest BCUT2D eigenvalue weighted by Crippen LogP contribution is 2.30. The van der Waals surface area contributed by atoms with E-state index in [2.05, 4.69) is 15.9 Å². The molecule has 1 saturated heterocycles. The third-order valence-corrected chi connectivity index (χ3v) is 6.28. The van der Waals surface area contributed by atoms with E-state index in [-0.39, 0.29) is 17.1 Å². The molecule has 1 fully saturated rings. The summed E-state index contributed by atoms with van der Waals surface area (Å²) >= 11 is 2.94. The highest BCUT2D eigenvalue weighted by atomic mass is 79.9. The van der Waals surface area contributed by atoms with Crippen molar-refractivity contribution in [2.45, 2.75) is 17.9 Å². The van der Waals surface area contributed by atoms with Gasteiger partial charge < -0.3 is 4.90 Å². The average Bonchev–Trinajstić information content (AvgIpc) is 2.25. The first-order valence-corrected chi connectivity index (χ1v) is 8.31. The van der Waals surface area contributed by atoms with Gasteiger partial charge in [0.1, 0.15) is 16.5 Å². The van der Waals surface area contributed by atoms with Crippen LogP contribution in [0.4, 0.5) is 8.78 Å². The first-order valence-electron chi connectivity index (χ1n) is 6.08. The van der Waals surface area contributed by atoms with Gasteiger partial charge in [-0.1, -0.05) is 0 Å². The minimum absolute atomic E-state index is 0.0962. The lowest BCUT2D eigenvalue weighted by atomic mass is 10.2. The van der Waals surface area contributed by atoms with Gasteiger partial charge >= 0.3 is 0 Å². The normalized spacial score (nSPS) is 22.1. The standard InChI is InChI=1S/C12H15BrF2N2O2S/c1-8-7-16(2)3-4-17(8)20(18,19)12-10(13)5-9(14)6-11(12)15/h5-6,8H,3-4,7H2,1-2H3. The first kappa shape index (κ1) is 15.8. The summed E-state index contributed by atoms with van der Waals surface area (Å²) < 4.78 is 53.3. The fourth-order valence-electron chi connectivity index (χ4n) is 2.37. The molecule has 4 nitrogen and oxygen atoms in total. The van der Waals surface area contributed by atoms with Crippen LogP contribution in [0, 0.1) is 11.6 Å². The largest absolute Gasteiger partial charge is 0.303 e. The molecule has 0 aromatic heterocycles. The number of benzene rings is 1. The number of hydrogen-bond donors (Lipinski definition) is 0. The second-order valence-corrected chi connectivity index (χ2v) is 7.61. The molecular formula is C12H15BrF2N2O2S. The molecule has 1 aromatic rings. The smallest absolute Gasteiger partial charge is 0.247 e. The van der Waals surface area contributed by atoms with E-state index >= 15 is 0 Å². The Balaban J connectivity index is 2.46. The molecule has 1 aromatic carbocycles. The summed E-state index contributed by atoms with van der Waals surface area (Å²) in [6.45, 7) is 3.19. The Kier molecular flexibility index (Phi) is 4.48. The maximum atomic E-state index is 13.9. The van der Waals surface area contributed by atoms with E-state index in [1.807, 2.05) is 11.9 Å². The van der Waals surface area contributed by atoms with Gasteiger partial charge in [-0.25, -0.2) is 17.2 Å². The number of piperazine rings is 1. The van der Waals surface area contributed by atoms with E-state index in [1.165, 1.54) is 4.31 Å². The van der Waals surface area contributed by atoms with Crippen molar-refractivity contribution >= 4 is 26.0 Å². The van der Waals surface area contributed by atoms with E-state index in [0.29, 0.717) is 19.2 Å². The third kappa shape index (κ3) is 2.88. The molecular weight excluding hydrogens is 354 g/mol. The SMILES string of the molecule is CC1CN(C)CCN1S(=O)(=O)c1c(F)cc(F)cc1Br. The molecule has 0 bridgehead atoms. The highest BCUT2D eigenvalue weighted by molar-refractivity contribution is 9.10. The highest BCUT2D eigenvalue weighted by Gasteiger charge is 2.35. The zero-order chi connectivity index (χ0) is 15.1. The fourth-order valence-corrected chi connectivity index (χ4v) is 5.10. The molecule has 1 aliphatic rings. The topological polar surface area (TPSA) is 40.6 Å². The average molecular weight is 369 g/mol. The van der Waals surface area contributed by atoms with Crippen LogP contribution in [0.25, 0.3) is 0 Å². The van der Waals surface area contributed by atoms with E-state index in [4.69, 9.17) is 0 Å². The van der Waals surface area contributed by atoms with Gasteiger partial charge in [0.25, 0.3) is 0 Å². The van der Waals surface area contributed by atoms with Crippen LogP contribution in [0.1, 0.15) is 6.92 Å². The minimum atomic E-state index is -3.99. The number of rotatable bonds is 2. The van der Waals surface area contributed by atoms with Crippen LogP contribution in [0.5, 0.6) is 0 Å². The molecule has 2 rings (SSSR count). The lowest BCUT2D eigenvalue weighted by Gasteiger charge is -2.37. The summed E-state index contributed by atoms with van der Waals surface area (Å²) in [6.07, 6.45) is 0. The molecule has 0 radical (unpaired) electrons. The number of halogens is 3. The second kappa shape index (κ2) is 5.67. The Bertz CT molecular complexity index is 601. The summed E-state index contributed by atoms with van der Waals surface area (Å²) in [5.74, 6) is -1.90. The summed E-state index contributed by atoms with van der Waals surface area (Å²) in [4.78, 5) is 1.50. The quantitative estimate of drug-likeness (QED) is 0.801. The van der Waals surface area contributed by atoms with Crippen LogP contribution in [-0.2, 0) is 10.0 Å². The lowest BCUT2D eigenvalue weighted by molar-refractivity contribution is 0.170.